The summed E-state index contributed by atoms with van der Waals surface area (Å²) < 4.78 is 3.67. The molecule has 0 aliphatic rings. The number of imidazole rings is 1. The molecule has 1 atom stereocenters. The summed E-state index contributed by atoms with van der Waals surface area (Å²) in [6.45, 7) is 2.09. The van der Waals surface area contributed by atoms with E-state index in [0.717, 1.165) is 16.6 Å². The van der Waals surface area contributed by atoms with E-state index >= 15 is 0 Å². The van der Waals surface area contributed by atoms with Crippen LogP contribution in [0.4, 0.5) is 0 Å². The smallest absolute Gasteiger partial charge is 0.261 e. The highest BCUT2D eigenvalue weighted by molar-refractivity contribution is 6.29. The van der Waals surface area contributed by atoms with Gasteiger partial charge < -0.3 is 4.57 Å². The second-order valence-corrected chi connectivity index (χ2v) is 5.89. The number of fused-ring (bicyclic) bond motifs is 3. The summed E-state index contributed by atoms with van der Waals surface area (Å²) in [6.07, 6.45) is 0. The Labute approximate surface area is 137 Å². The van der Waals surface area contributed by atoms with Gasteiger partial charge in [0.2, 0.25) is 5.78 Å². The largest absolute Gasteiger partial charge is 0.302 e. The first kappa shape index (κ1) is 14.0. The van der Waals surface area contributed by atoms with E-state index in [0.29, 0.717) is 5.78 Å². The lowest BCUT2D eigenvalue weighted by atomic mass is 10.1. The first-order valence-electron chi connectivity index (χ1n) is 7.40. The molecule has 2 heterocycles. The third-order valence-corrected chi connectivity index (χ3v) is 4.33. The zero-order valence-electron chi connectivity index (χ0n) is 12.5. The number of halogens is 1. The summed E-state index contributed by atoms with van der Waals surface area (Å²) in [5.41, 5.74) is 2.76. The van der Waals surface area contributed by atoms with Crippen LogP contribution in [0, 0.1) is 0 Å². The van der Waals surface area contributed by atoms with Crippen molar-refractivity contribution in [1.29, 1.82) is 0 Å². The van der Waals surface area contributed by atoms with E-state index in [1.165, 1.54) is 6.07 Å². The van der Waals surface area contributed by atoms with Crippen LogP contribution in [0.3, 0.4) is 0 Å². The quantitative estimate of drug-likeness (QED) is 0.525. The van der Waals surface area contributed by atoms with Crippen molar-refractivity contribution in [3.8, 4) is 0 Å². The summed E-state index contributed by atoms with van der Waals surface area (Å²) in [4.78, 5) is 16.8. The minimum atomic E-state index is -0.171. The Morgan fingerprint density at radius 2 is 1.65 bits per heavy atom. The van der Waals surface area contributed by atoms with Crippen LogP contribution in [0.2, 0.25) is 5.15 Å². The molecule has 0 saturated carbocycles. The standard InChI is InChI=1S/C18H14ClN3O/c1-12(13-7-3-2-4-8-13)21-14-9-5-6-10-15(14)22-17(23)11-16(19)20-18(21)22/h2-12H,1H3. The number of para-hydroxylation sites is 2. The molecule has 4 aromatic rings. The van der Waals surface area contributed by atoms with Gasteiger partial charge in [0.1, 0.15) is 5.15 Å². The monoisotopic (exact) mass is 323 g/mol. The van der Waals surface area contributed by atoms with E-state index in [9.17, 15) is 4.79 Å². The molecule has 0 amide bonds. The van der Waals surface area contributed by atoms with Crippen LogP contribution < -0.4 is 5.56 Å². The summed E-state index contributed by atoms with van der Waals surface area (Å²) >= 11 is 6.04. The molecule has 4 rings (SSSR count). The molecule has 0 spiro atoms. The van der Waals surface area contributed by atoms with E-state index < -0.39 is 0 Å². The number of rotatable bonds is 2. The summed E-state index contributed by atoms with van der Waals surface area (Å²) in [5.74, 6) is 0.556. The van der Waals surface area contributed by atoms with Gasteiger partial charge in [0, 0.05) is 6.07 Å². The molecule has 0 radical (unpaired) electrons. The maximum Gasteiger partial charge on any atom is 0.261 e. The summed E-state index contributed by atoms with van der Waals surface area (Å²) in [5, 5.41) is 0.208. The molecule has 0 aliphatic carbocycles. The molecule has 2 aromatic heterocycles. The van der Waals surface area contributed by atoms with Crippen LogP contribution in [-0.4, -0.2) is 14.0 Å². The minimum absolute atomic E-state index is 0.0245. The molecule has 0 fully saturated rings. The first-order chi connectivity index (χ1) is 11.2. The molecule has 1 unspecified atom stereocenters. The van der Waals surface area contributed by atoms with Crippen LogP contribution >= 0.6 is 11.6 Å². The molecule has 2 aromatic carbocycles. The van der Waals surface area contributed by atoms with Crippen molar-refractivity contribution in [2.45, 2.75) is 13.0 Å². The number of benzene rings is 2. The Morgan fingerprint density at radius 1 is 1.00 bits per heavy atom. The molecule has 0 aliphatic heterocycles. The normalized spacial score (nSPS) is 12.8. The Balaban J connectivity index is 2.14. The third kappa shape index (κ3) is 2.14. The molecule has 23 heavy (non-hydrogen) atoms. The van der Waals surface area contributed by atoms with E-state index in [4.69, 9.17) is 11.6 Å². The second-order valence-electron chi connectivity index (χ2n) is 5.50. The van der Waals surface area contributed by atoms with E-state index in [1.54, 1.807) is 4.40 Å². The van der Waals surface area contributed by atoms with Gasteiger partial charge in [-0.25, -0.2) is 9.38 Å². The predicted octanol–water partition coefficient (Wildman–Crippen LogP) is 3.91. The highest BCUT2D eigenvalue weighted by Crippen LogP contribution is 2.27. The SMILES string of the molecule is CC(c1ccccc1)n1c2ccccc2n2c(=O)cc(Cl)nc12. The van der Waals surface area contributed by atoms with Gasteiger partial charge in [0.15, 0.2) is 0 Å². The average Bonchev–Trinajstić information content (AvgIpc) is 2.89. The van der Waals surface area contributed by atoms with E-state index in [1.807, 2.05) is 42.5 Å². The second kappa shape index (κ2) is 5.25. The van der Waals surface area contributed by atoms with Gasteiger partial charge in [-0.2, -0.15) is 0 Å². The van der Waals surface area contributed by atoms with Crippen molar-refractivity contribution in [3.63, 3.8) is 0 Å². The Kier molecular flexibility index (Phi) is 3.20. The fraction of sp³-hybridized carbons (Fsp3) is 0.111. The molecule has 5 heteroatoms. The third-order valence-electron chi connectivity index (χ3n) is 4.14. The molecule has 4 nitrogen and oxygen atoms in total. The van der Waals surface area contributed by atoms with Gasteiger partial charge in [0.25, 0.3) is 5.56 Å². The van der Waals surface area contributed by atoms with Crippen molar-refractivity contribution >= 4 is 28.4 Å². The fourth-order valence-electron chi connectivity index (χ4n) is 3.06. The van der Waals surface area contributed by atoms with Gasteiger partial charge in [-0.15, -0.1) is 0 Å². The fourth-order valence-corrected chi connectivity index (χ4v) is 3.23. The van der Waals surface area contributed by atoms with Gasteiger partial charge in [-0.05, 0) is 24.6 Å². The summed E-state index contributed by atoms with van der Waals surface area (Å²) in [7, 11) is 0. The van der Waals surface area contributed by atoms with Crippen molar-refractivity contribution in [3.05, 3.63) is 81.7 Å². The van der Waals surface area contributed by atoms with Crippen LogP contribution in [0.1, 0.15) is 18.5 Å². The molecule has 0 saturated heterocycles. The van der Waals surface area contributed by atoms with Gasteiger partial charge in [0.05, 0.1) is 17.1 Å². The topological polar surface area (TPSA) is 39.3 Å². The number of nitrogens with zero attached hydrogens (tertiary/aromatic N) is 3. The van der Waals surface area contributed by atoms with Crippen LogP contribution in [0.25, 0.3) is 16.8 Å². The van der Waals surface area contributed by atoms with Crippen LogP contribution in [0.5, 0.6) is 0 Å². The van der Waals surface area contributed by atoms with E-state index in [-0.39, 0.29) is 16.8 Å². The lowest BCUT2D eigenvalue weighted by Gasteiger charge is -2.15. The van der Waals surface area contributed by atoms with Crippen molar-refractivity contribution in [1.82, 2.24) is 14.0 Å². The molecule has 114 valence electrons. The molecule has 0 bridgehead atoms. The zero-order valence-corrected chi connectivity index (χ0v) is 13.2. The van der Waals surface area contributed by atoms with E-state index in [2.05, 4.69) is 28.6 Å². The highest BCUT2D eigenvalue weighted by atomic mass is 35.5. The maximum absolute atomic E-state index is 12.4. The summed E-state index contributed by atoms with van der Waals surface area (Å²) in [6, 6.07) is 19.3. The highest BCUT2D eigenvalue weighted by Gasteiger charge is 2.18. The molecule has 0 N–H and O–H groups in total. The zero-order chi connectivity index (χ0) is 16.0. The lowest BCUT2D eigenvalue weighted by Crippen LogP contribution is -2.15. The van der Waals surface area contributed by atoms with Crippen molar-refractivity contribution in [2.24, 2.45) is 0 Å². The Morgan fingerprint density at radius 3 is 2.39 bits per heavy atom. The van der Waals surface area contributed by atoms with Gasteiger partial charge >= 0.3 is 0 Å². The van der Waals surface area contributed by atoms with Crippen LogP contribution in [0.15, 0.2) is 65.5 Å². The van der Waals surface area contributed by atoms with Crippen molar-refractivity contribution in [2.75, 3.05) is 0 Å². The number of hydrogen-bond donors (Lipinski definition) is 0. The number of hydrogen-bond acceptors (Lipinski definition) is 2. The van der Waals surface area contributed by atoms with Gasteiger partial charge in [-0.1, -0.05) is 54.1 Å². The van der Waals surface area contributed by atoms with Crippen molar-refractivity contribution < 1.29 is 0 Å². The Hall–Kier alpha value is -2.59. The minimum Gasteiger partial charge on any atom is -0.302 e. The predicted molar refractivity (Wildman–Crippen MR) is 92.2 cm³/mol. The maximum atomic E-state index is 12.4. The first-order valence-corrected chi connectivity index (χ1v) is 7.78. The van der Waals surface area contributed by atoms with Crippen LogP contribution in [-0.2, 0) is 0 Å². The Bertz CT molecular complexity index is 1070. The lowest BCUT2D eigenvalue weighted by molar-refractivity contribution is 0.670. The van der Waals surface area contributed by atoms with Gasteiger partial charge in [-0.3, -0.25) is 4.79 Å². The number of aromatic nitrogens is 3. The average molecular weight is 324 g/mol. The molecular formula is C18H14ClN3O. The molecular weight excluding hydrogens is 310 g/mol.